The Balaban J connectivity index is 1.74. The van der Waals surface area contributed by atoms with E-state index < -0.39 is 0 Å². The third-order valence-electron chi connectivity index (χ3n) is 5.98. The van der Waals surface area contributed by atoms with Crippen molar-refractivity contribution in [3.63, 3.8) is 0 Å². The largest absolute Gasteiger partial charge is 0.460 e. The van der Waals surface area contributed by atoms with Crippen LogP contribution in [0.15, 0.2) is 47.3 Å². The summed E-state index contributed by atoms with van der Waals surface area (Å²) < 4.78 is 7.14. The summed E-state index contributed by atoms with van der Waals surface area (Å²) in [6.07, 6.45) is 0.238. The maximum atomic E-state index is 13.3. The van der Waals surface area contributed by atoms with E-state index in [-0.39, 0.29) is 23.7 Å². The van der Waals surface area contributed by atoms with Crippen LogP contribution < -0.4 is 15.8 Å². The van der Waals surface area contributed by atoms with Gasteiger partial charge >= 0.3 is 5.97 Å². The van der Waals surface area contributed by atoms with Crippen LogP contribution in [0.2, 0.25) is 5.02 Å². The number of nitrogens with zero attached hydrogens (tertiary/aromatic N) is 3. The number of aromatic nitrogens is 2. The van der Waals surface area contributed by atoms with Gasteiger partial charge in [0.1, 0.15) is 17.6 Å². The minimum absolute atomic E-state index is 0.266. The summed E-state index contributed by atoms with van der Waals surface area (Å²) in [6, 6.07) is 13.2. The average molecular weight is 467 g/mol. The van der Waals surface area contributed by atoms with E-state index in [1.54, 1.807) is 11.6 Å². The van der Waals surface area contributed by atoms with Crippen LogP contribution in [0.5, 0.6) is 0 Å². The molecule has 1 aliphatic rings. The van der Waals surface area contributed by atoms with Crippen LogP contribution in [0.1, 0.15) is 29.8 Å². The van der Waals surface area contributed by atoms with Crippen molar-refractivity contribution in [2.45, 2.75) is 32.4 Å². The van der Waals surface area contributed by atoms with Gasteiger partial charge in [0.05, 0.1) is 16.8 Å². The molecular formula is C25H27ClN4O3. The van der Waals surface area contributed by atoms with Crippen LogP contribution in [0.25, 0.3) is 11.3 Å². The molecule has 0 aliphatic heterocycles. The molecule has 1 N–H and O–H groups in total. The second-order valence-electron chi connectivity index (χ2n) is 8.49. The van der Waals surface area contributed by atoms with Crippen molar-refractivity contribution >= 4 is 29.1 Å². The Morgan fingerprint density at radius 2 is 1.97 bits per heavy atom. The summed E-state index contributed by atoms with van der Waals surface area (Å²) in [5.41, 5.74) is 4.35. The minimum atomic E-state index is -0.373. The van der Waals surface area contributed by atoms with E-state index in [1.165, 1.54) is 6.92 Å². The molecule has 0 saturated heterocycles. The molecule has 1 heterocycles. The van der Waals surface area contributed by atoms with E-state index >= 15 is 0 Å². The quantitative estimate of drug-likeness (QED) is 0.570. The van der Waals surface area contributed by atoms with Gasteiger partial charge < -0.3 is 15.0 Å². The van der Waals surface area contributed by atoms with Crippen molar-refractivity contribution in [2.75, 3.05) is 24.3 Å². The van der Waals surface area contributed by atoms with Crippen LogP contribution >= 0.6 is 11.6 Å². The normalized spacial score (nSPS) is 16.9. The number of esters is 1. The highest BCUT2D eigenvalue weighted by Gasteiger charge is 2.35. The van der Waals surface area contributed by atoms with Gasteiger partial charge in [-0.3, -0.25) is 14.2 Å². The van der Waals surface area contributed by atoms with Crippen molar-refractivity contribution < 1.29 is 9.53 Å². The summed E-state index contributed by atoms with van der Waals surface area (Å²) in [6.45, 7) is 3.25. The lowest BCUT2D eigenvalue weighted by Crippen LogP contribution is -2.31. The van der Waals surface area contributed by atoms with Gasteiger partial charge in [-0.15, -0.1) is 0 Å². The number of hydrogen-bond donors (Lipinski definition) is 1. The number of benzene rings is 2. The summed E-state index contributed by atoms with van der Waals surface area (Å²) in [7, 11) is 5.56. The lowest BCUT2D eigenvalue weighted by Gasteiger charge is -2.25. The molecular weight excluding hydrogens is 440 g/mol. The van der Waals surface area contributed by atoms with E-state index in [1.807, 2.05) is 68.4 Å². The summed E-state index contributed by atoms with van der Waals surface area (Å²) in [5, 5.41) is 3.89. The fourth-order valence-corrected chi connectivity index (χ4v) is 4.59. The Hall–Kier alpha value is -3.32. The fourth-order valence-electron chi connectivity index (χ4n) is 4.32. The Bertz CT molecular complexity index is 1290. The van der Waals surface area contributed by atoms with Crippen molar-refractivity contribution in [3.8, 4) is 11.3 Å². The van der Waals surface area contributed by atoms with Gasteiger partial charge in [-0.25, -0.2) is 4.98 Å². The maximum absolute atomic E-state index is 13.3. The molecule has 3 aromatic rings. The van der Waals surface area contributed by atoms with E-state index in [4.69, 9.17) is 16.3 Å². The molecule has 172 valence electrons. The van der Waals surface area contributed by atoms with E-state index in [0.717, 1.165) is 16.8 Å². The number of hydrogen-bond acceptors (Lipinski definition) is 6. The fraction of sp³-hybridized carbons (Fsp3) is 0.320. The maximum Gasteiger partial charge on any atom is 0.302 e. The number of carbonyl (C=O) groups is 1. The molecule has 1 aromatic heterocycles. The van der Waals surface area contributed by atoms with E-state index in [9.17, 15) is 9.59 Å². The number of aryl methyl sites for hydroxylation is 1. The molecule has 33 heavy (non-hydrogen) atoms. The lowest BCUT2D eigenvalue weighted by atomic mass is 10.1. The molecule has 8 heteroatoms. The van der Waals surface area contributed by atoms with Crippen molar-refractivity contribution in [3.05, 3.63) is 74.7 Å². The molecule has 4 rings (SSSR count). The van der Waals surface area contributed by atoms with Crippen molar-refractivity contribution in [2.24, 2.45) is 7.05 Å². The summed E-state index contributed by atoms with van der Waals surface area (Å²) in [4.78, 5) is 31.6. The molecule has 0 fully saturated rings. The Morgan fingerprint density at radius 3 is 2.64 bits per heavy atom. The molecule has 7 nitrogen and oxygen atoms in total. The van der Waals surface area contributed by atoms with Gasteiger partial charge in [0.2, 0.25) is 0 Å². The first-order valence-corrected chi connectivity index (χ1v) is 11.1. The molecule has 0 spiro atoms. The van der Waals surface area contributed by atoms with Crippen LogP contribution in [-0.4, -0.2) is 35.7 Å². The average Bonchev–Trinajstić information content (AvgIpc) is 3.10. The number of halogens is 1. The predicted octanol–water partition coefficient (Wildman–Crippen LogP) is 4.12. The number of anilines is 2. The standard InChI is InChI=1S/C25H27ClN4O3/c1-14-24(28-22-18-9-7-6-8-16(18)12-21(22)33-15(2)31)30(5)25(32)23(27-14)19-11-10-17(29(3)4)13-20(19)26/h6-11,13,21-22,28H,12H2,1-5H3. The SMILES string of the molecule is CC(=O)OC1Cc2ccccc2C1Nc1c(C)nc(-c2ccc(N(C)C)cc2Cl)c(=O)n1C. The highest BCUT2D eigenvalue weighted by molar-refractivity contribution is 6.33. The van der Waals surface area contributed by atoms with Crippen LogP contribution in [-0.2, 0) is 23.0 Å². The number of ether oxygens (including phenoxy) is 1. The van der Waals surface area contributed by atoms with Crippen molar-refractivity contribution in [1.29, 1.82) is 0 Å². The predicted molar refractivity (Wildman–Crippen MR) is 131 cm³/mol. The number of fused-ring (bicyclic) bond motifs is 1. The number of carbonyl (C=O) groups excluding carboxylic acids is 1. The third kappa shape index (κ3) is 4.33. The Labute approximate surface area is 198 Å². The molecule has 2 aromatic carbocycles. The van der Waals surface area contributed by atoms with E-state index in [2.05, 4.69) is 10.3 Å². The number of nitrogens with one attached hydrogen (secondary N) is 1. The van der Waals surface area contributed by atoms with Gasteiger partial charge in [-0.2, -0.15) is 0 Å². The minimum Gasteiger partial charge on any atom is -0.460 e. The van der Waals surface area contributed by atoms with Gasteiger partial charge in [-0.1, -0.05) is 35.9 Å². The van der Waals surface area contributed by atoms with Crippen molar-refractivity contribution in [1.82, 2.24) is 9.55 Å². The van der Waals surface area contributed by atoms with Crippen LogP contribution in [0.3, 0.4) is 0 Å². The molecule has 2 atom stereocenters. The first-order valence-electron chi connectivity index (χ1n) is 10.7. The van der Waals surface area contributed by atoms with Gasteiger partial charge in [0.15, 0.2) is 0 Å². The zero-order valence-corrected chi connectivity index (χ0v) is 20.1. The van der Waals surface area contributed by atoms with Gasteiger partial charge in [0.25, 0.3) is 5.56 Å². The molecule has 0 radical (unpaired) electrons. The zero-order valence-electron chi connectivity index (χ0n) is 19.3. The Kier molecular flexibility index (Phi) is 6.17. The number of rotatable bonds is 5. The lowest BCUT2D eigenvalue weighted by molar-refractivity contribution is -0.146. The van der Waals surface area contributed by atoms with Crippen LogP contribution in [0, 0.1) is 6.92 Å². The highest BCUT2D eigenvalue weighted by atomic mass is 35.5. The monoisotopic (exact) mass is 466 g/mol. The molecule has 0 saturated carbocycles. The van der Waals surface area contributed by atoms with Crippen LogP contribution in [0.4, 0.5) is 11.5 Å². The Morgan fingerprint density at radius 1 is 1.24 bits per heavy atom. The summed E-state index contributed by atoms with van der Waals surface area (Å²) >= 11 is 6.51. The molecule has 1 aliphatic carbocycles. The van der Waals surface area contributed by atoms with Gasteiger partial charge in [-0.05, 0) is 36.2 Å². The second kappa shape index (κ2) is 8.90. The molecule has 2 unspecified atom stereocenters. The van der Waals surface area contributed by atoms with Gasteiger partial charge in [0, 0.05) is 45.7 Å². The third-order valence-corrected chi connectivity index (χ3v) is 6.29. The smallest absolute Gasteiger partial charge is 0.302 e. The first-order chi connectivity index (χ1) is 15.7. The first kappa shape index (κ1) is 22.9. The zero-order chi connectivity index (χ0) is 23.9. The molecule has 0 bridgehead atoms. The second-order valence-corrected chi connectivity index (χ2v) is 8.90. The summed E-state index contributed by atoms with van der Waals surface area (Å²) in [5.74, 6) is 0.234. The van der Waals surface area contributed by atoms with E-state index in [0.29, 0.717) is 34.2 Å². The highest BCUT2D eigenvalue weighted by Crippen LogP contribution is 2.37. The molecule has 0 amide bonds. The topological polar surface area (TPSA) is 76.5 Å².